The monoisotopic (exact) mass is 521 g/mol. The number of imidazole rings is 1. The Morgan fingerprint density at radius 2 is 1.95 bits per heavy atom. The van der Waals surface area contributed by atoms with E-state index in [1.54, 1.807) is 6.20 Å². The number of rotatable bonds is 7. The van der Waals surface area contributed by atoms with Crippen molar-refractivity contribution in [2.45, 2.75) is 12.8 Å². The van der Waals surface area contributed by atoms with Gasteiger partial charge in [-0.3, -0.25) is 15.1 Å². The number of H-pyrrole nitrogens is 2. The second-order valence-electron chi connectivity index (χ2n) is 9.91. The number of fused-ring (bicyclic) bond motifs is 2. The lowest BCUT2D eigenvalue weighted by atomic mass is 10.1. The highest BCUT2D eigenvalue weighted by molar-refractivity contribution is 6.21. The number of hydrogen-bond donors (Lipinski definition) is 3. The molecule has 2 aliphatic rings. The Bertz CT molecular complexity index is 1970. The van der Waals surface area contributed by atoms with Gasteiger partial charge in [-0.1, -0.05) is 67.3 Å². The largest absolute Gasteiger partial charge is 0.358 e. The minimum atomic E-state index is 0.531. The number of nitrogens with zero attached hydrogens (tertiary/aromatic N) is 4. The van der Waals surface area contributed by atoms with Crippen molar-refractivity contribution >= 4 is 40.2 Å². The Kier molecular flexibility index (Phi) is 6.01. The Labute approximate surface area is 231 Å². The van der Waals surface area contributed by atoms with Crippen LogP contribution in [0, 0.1) is 0 Å². The smallest absolute Gasteiger partial charge is 0.159 e. The van der Waals surface area contributed by atoms with Crippen molar-refractivity contribution in [3.8, 4) is 11.5 Å². The summed E-state index contributed by atoms with van der Waals surface area (Å²) in [6, 6.07) is 18.6. The van der Waals surface area contributed by atoms with E-state index in [-0.39, 0.29) is 0 Å². The first-order valence-corrected chi connectivity index (χ1v) is 13.3. The van der Waals surface area contributed by atoms with Crippen LogP contribution in [0.4, 0.5) is 5.69 Å². The molecule has 7 nitrogen and oxygen atoms in total. The number of nitrogens with one attached hydrogen (secondary N) is 3. The van der Waals surface area contributed by atoms with E-state index >= 15 is 0 Å². The first-order valence-electron chi connectivity index (χ1n) is 13.3. The van der Waals surface area contributed by atoms with Crippen LogP contribution in [0.25, 0.3) is 40.3 Å². The number of para-hydroxylation sites is 1. The normalized spacial score (nSPS) is 14.1. The Hall–Kier alpha value is -5.30. The van der Waals surface area contributed by atoms with Crippen molar-refractivity contribution in [2.24, 2.45) is 4.99 Å². The third-order valence-electron chi connectivity index (χ3n) is 7.11. The number of aromatic amines is 2. The molecule has 0 amide bonds. The Balaban J connectivity index is 1.21. The molecule has 3 N–H and O–H groups in total. The minimum Gasteiger partial charge on any atom is -0.358 e. The molecule has 0 fully saturated rings. The van der Waals surface area contributed by atoms with Gasteiger partial charge in [-0.25, -0.2) is 4.98 Å². The van der Waals surface area contributed by atoms with E-state index in [0.717, 1.165) is 74.2 Å². The molecule has 1 aliphatic carbocycles. The zero-order valence-corrected chi connectivity index (χ0v) is 21.9. The summed E-state index contributed by atoms with van der Waals surface area (Å²) in [5.41, 5.74) is 9.73. The van der Waals surface area contributed by atoms with Crippen molar-refractivity contribution in [1.82, 2.24) is 25.1 Å². The molecule has 0 bridgehead atoms. The zero-order chi connectivity index (χ0) is 26.9. The van der Waals surface area contributed by atoms with Gasteiger partial charge in [-0.05, 0) is 41.8 Å². The molecule has 0 atom stereocenters. The molecule has 0 unspecified atom stereocenters. The molecule has 0 radical (unpaired) electrons. The fourth-order valence-electron chi connectivity index (χ4n) is 5.21. The molecule has 7 rings (SSSR count). The maximum atomic E-state index is 5.00. The van der Waals surface area contributed by atoms with Crippen molar-refractivity contribution < 1.29 is 0 Å². The minimum absolute atomic E-state index is 0.531. The van der Waals surface area contributed by atoms with Gasteiger partial charge in [0.05, 0.1) is 40.5 Å². The molecule has 1 aliphatic heterocycles. The highest BCUT2D eigenvalue weighted by Crippen LogP contribution is 2.29. The number of pyridine rings is 1. The van der Waals surface area contributed by atoms with Gasteiger partial charge in [0, 0.05) is 34.7 Å². The SMILES string of the molecule is C=C(Cc1ccccc1)Nc1cncc(C2=NCC=c3[nH]nc(-c4nc5c(C6=CCC=C6)cccc5[nH]4)c3=C2)c1. The van der Waals surface area contributed by atoms with E-state index < -0.39 is 0 Å². The molecule has 4 heterocycles. The van der Waals surface area contributed by atoms with Crippen LogP contribution in [0.2, 0.25) is 0 Å². The standard InChI is InChI=1S/C33H27N7/c1-21(16-22-8-3-2-4-9-22)36-25-17-24(19-34-20-25)30-18-27-28(14-15-35-30)39-40-32(27)33-37-29-13-7-12-26(31(29)38-33)23-10-5-6-11-23/h2-5,7-14,17-20,36,39H,1,6,15-16H2,(H,37,38). The molecule has 3 aromatic heterocycles. The first-order chi connectivity index (χ1) is 19.7. The second kappa shape index (κ2) is 10.1. The second-order valence-corrected chi connectivity index (χ2v) is 9.91. The highest BCUT2D eigenvalue weighted by Gasteiger charge is 2.16. The van der Waals surface area contributed by atoms with Crippen molar-refractivity contribution in [1.29, 1.82) is 0 Å². The van der Waals surface area contributed by atoms with Crippen molar-refractivity contribution in [2.75, 3.05) is 11.9 Å². The molecule has 194 valence electrons. The van der Waals surface area contributed by atoms with Crippen LogP contribution in [0.15, 0.2) is 102 Å². The van der Waals surface area contributed by atoms with Gasteiger partial charge in [0.25, 0.3) is 0 Å². The predicted octanol–water partition coefficient (Wildman–Crippen LogP) is 4.92. The summed E-state index contributed by atoms with van der Waals surface area (Å²) in [5.74, 6) is 0.721. The molecule has 0 spiro atoms. The van der Waals surface area contributed by atoms with Gasteiger partial charge in [-0.2, -0.15) is 5.10 Å². The zero-order valence-electron chi connectivity index (χ0n) is 21.9. The van der Waals surface area contributed by atoms with Crippen LogP contribution in [-0.2, 0) is 6.42 Å². The van der Waals surface area contributed by atoms with Gasteiger partial charge in [0.15, 0.2) is 5.82 Å². The molecule has 2 aromatic carbocycles. The van der Waals surface area contributed by atoms with E-state index in [0.29, 0.717) is 6.54 Å². The third-order valence-corrected chi connectivity index (χ3v) is 7.11. The summed E-state index contributed by atoms with van der Waals surface area (Å²) in [5, 5.41) is 13.1. The van der Waals surface area contributed by atoms with E-state index in [1.807, 2.05) is 24.4 Å². The quantitative estimate of drug-likeness (QED) is 0.283. The van der Waals surface area contributed by atoms with E-state index in [4.69, 9.17) is 9.98 Å². The Morgan fingerprint density at radius 1 is 1.02 bits per heavy atom. The summed E-state index contributed by atoms with van der Waals surface area (Å²) >= 11 is 0. The van der Waals surface area contributed by atoms with Crippen LogP contribution < -0.4 is 15.9 Å². The van der Waals surface area contributed by atoms with E-state index in [9.17, 15) is 0 Å². The van der Waals surface area contributed by atoms with Crippen LogP contribution in [0.5, 0.6) is 0 Å². The maximum absolute atomic E-state index is 5.00. The van der Waals surface area contributed by atoms with Gasteiger partial charge < -0.3 is 10.3 Å². The van der Waals surface area contributed by atoms with Crippen molar-refractivity contribution in [3.05, 3.63) is 125 Å². The number of anilines is 1. The third kappa shape index (κ3) is 4.58. The van der Waals surface area contributed by atoms with Crippen LogP contribution >= 0.6 is 0 Å². The lowest BCUT2D eigenvalue weighted by molar-refractivity contribution is 1.05. The molecule has 5 aromatic rings. The number of allylic oxidation sites excluding steroid dienone is 5. The summed E-state index contributed by atoms with van der Waals surface area (Å²) in [6.07, 6.45) is 16.0. The highest BCUT2D eigenvalue weighted by atomic mass is 15.1. The average molecular weight is 522 g/mol. The molecular weight excluding hydrogens is 494 g/mol. The van der Waals surface area contributed by atoms with Crippen LogP contribution in [0.1, 0.15) is 23.1 Å². The maximum Gasteiger partial charge on any atom is 0.159 e. The molecule has 0 saturated carbocycles. The molecular formula is C33H27N7. The predicted molar refractivity (Wildman–Crippen MR) is 162 cm³/mol. The molecule has 7 heteroatoms. The lowest BCUT2D eigenvalue weighted by Crippen LogP contribution is -2.24. The number of aromatic nitrogens is 5. The summed E-state index contributed by atoms with van der Waals surface area (Å²) in [4.78, 5) is 17.8. The summed E-state index contributed by atoms with van der Waals surface area (Å²) < 4.78 is 0. The number of hydrogen-bond acceptors (Lipinski definition) is 5. The number of benzene rings is 2. The molecule has 0 saturated heterocycles. The van der Waals surface area contributed by atoms with Gasteiger partial charge >= 0.3 is 0 Å². The van der Waals surface area contributed by atoms with Gasteiger partial charge in [0.1, 0.15) is 5.69 Å². The topological polar surface area (TPSA) is 94.6 Å². The average Bonchev–Trinajstić information content (AvgIpc) is 3.71. The first kappa shape index (κ1) is 23.8. The van der Waals surface area contributed by atoms with Crippen LogP contribution in [-0.4, -0.2) is 37.4 Å². The van der Waals surface area contributed by atoms with E-state index in [1.165, 1.54) is 11.1 Å². The van der Waals surface area contributed by atoms with Gasteiger partial charge in [-0.15, -0.1) is 0 Å². The Morgan fingerprint density at radius 3 is 2.83 bits per heavy atom. The fourth-order valence-corrected chi connectivity index (χ4v) is 5.21. The number of aliphatic imine (C=N–C) groups is 1. The van der Waals surface area contributed by atoms with Crippen molar-refractivity contribution in [3.63, 3.8) is 0 Å². The van der Waals surface area contributed by atoms with E-state index in [2.05, 4.69) is 98.8 Å². The lowest BCUT2D eigenvalue weighted by Gasteiger charge is -2.11. The van der Waals surface area contributed by atoms with Gasteiger partial charge in [0.2, 0.25) is 0 Å². The van der Waals surface area contributed by atoms with Crippen LogP contribution in [0.3, 0.4) is 0 Å². The summed E-state index contributed by atoms with van der Waals surface area (Å²) in [7, 11) is 0. The molecule has 40 heavy (non-hydrogen) atoms. The summed E-state index contributed by atoms with van der Waals surface area (Å²) in [6.45, 7) is 4.74. The fraction of sp³-hybridized carbons (Fsp3) is 0.0909.